The Balaban J connectivity index is 1.42. The van der Waals surface area contributed by atoms with E-state index < -0.39 is 15.9 Å². The first-order valence-electron chi connectivity index (χ1n) is 11.0. The number of ether oxygens (including phenoxy) is 1. The van der Waals surface area contributed by atoms with Gasteiger partial charge in [0.2, 0.25) is 5.91 Å². The van der Waals surface area contributed by atoms with E-state index in [0.29, 0.717) is 11.4 Å². The lowest BCUT2D eigenvalue weighted by atomic mass is 10.1. The molecule has 174 valence electrons. The third-order valence-corrected chi connectivity index (χ3v) is 7.19. The molecule has 0 aliphatic carbocycles. The van der Waals surface area contributed by atoms with E-state index in [2.05, 4.69) is 5.32 Å². The Morgan fingerprint density at radius 1 is 0.853 bits per heavy atom. The number of nitrogens with one attached hydrogen (secondary N) is 1. The van der Waals surface area contributed by atoms with Crippen LogP contribution in [0.5, 0.6) is 5.75 Å². The maximum Gasteiger partial charge on any atom is 0.264 e. The summed E-state index contributed by atoms with van der Waals surface area (Å²) in [7, 11) is -3.92. The molecule has 0 fully saturated rings. The van der Waals surface area contributed by atoms with E-state index in [-0.39, 0.29) is 24.6 Å². The van der Waals surface area contributed by atoms with E-state index in [9.17, 15) is 13.2 Å². The number of benzene rings is 4. The van der Waals surface area contributed by atoms with E-state index in [1.54, 1.807) is 30.3 Å². The minimum Gasteiger partial charge on any atom is -0.492 e. The van der Waals surface area contributed by atoms with Crippen molar-refractivity contribution in [2.24, 2.45) is 0 Å². The number of anilines is 1. The van der Waals surface area contributed by atoms with Crippen molar-refractivity contribution in [3.05, 3.63) is 103 Å². The smallest absolute Gasteiger partial charge is 0.264 e. The summed E-state index contributed by atoms with van der Waals surface area (Å²) in [4.78, 5) is 12.9. The number of carbonyl (C=O) groups excluding carboxylic acids is 1. The maximum atomic E-state index is 13.4. The lowest BCUT2D eigenvalue weighted by molar-refractivity contribution is -0.119. The topological polar surface area (TPSA) is 75.7 Å². The molecule has 0 aliphatic rings. The van der Waals surface area contributed by atoms with E-state index in [1.165, 1.54) is 12.1 Å². The van der Waals surface area contributed by atoms with Crippen LogP contribution < -0.4 is 14.4 Å². The van der Waals surface area contributed by atoms with E-state index >= 15 is 0 Å². The van der Waals surface area contributed by atoms with Crippen molar-refractivity contribution in [1.29, 1.82) is 0 Å². The number of para-hydroxylation sites is 1. The SMILES string of the molecule is Cc1ccccc1N(CC(=O)NCCOc1ccc2ccccc2c1)S(=O)(=O)c1ccccc1. The van der Waals surface area contributed by atoms with Crippen molar-refractivity contribution < 1.29 is 17.9 Å². The summed E-state index contributed by atoms with van der Waals surface area (Å²) in [5, 5.41) is 4.96. The summed E-state index contributed by atoms with van der Waals surface area (Å²) < 4.78 is 33.6. The second-order valence-electron chi connectivity index (χ2n) is 7.82. The van der Waals surface area contributed by atoms with Crippen molar-refractivity contribution in [2.75, 3.05) is 24.0 Å². The standard InChI is InChI=1S/C27H26N2O4S/c1-21-9-5-8-14-26(21)29(34(31,32)25-12-3-2-4-13-25)20-27(30)28-17-18-33-24-16-15-22-10-6-7-11-23(22)19-24/h2-16,19H,17-18,20H2,1H3,(H,28,30). The molecule has 4 rings (SSSR count). The molecule has 1 N–H and O–H groups in total. The Labute approximate surface area is 199 Å². The van der Waals surface area contributed by atoms with Gasteiger partial charge >= 0.3 is 0 Å². The lowest BCUT2D eigenvalue weighted by Gasteiger charge is -2.25. The molecule has 34 heavy (non-hydrogen) atoms. The zero-order chi connectivity index (χ0) is 24.0. The van der Waals surface area contributed by atoms with Crippen molar-refractivity contribution >= 4 is 32.4 Å². The zero-order valence-corrected chi connectivity index (χ0v) is 19.7. The lowest BCUT2D eigenvalue weighted by Crippen LogP contribution is -2.42. The first kappa shape index (κ1) is 23.3. The quantitative estimate of drug-likeness (QED) is 0.362. The average Bonchev–Trinajstić information content (AvgIpc) is 2.86. The van der Waals surface area contributed by atoms with Crippen LogP contribution in [-0.4, -0.2) is 34.0 Å². The molecule has 0 saturated heterocycles. The van der Waals surface area contributed by atoms with Gasteiger partial charge in [0.25, 0.3) is 10.0 Å². The van der Waals surface area contributed by atoms with Crippen LogP contribution >= 0.6 is 0 Å². The summed E-state index contributed by atoms with van der Waals surface area (Å²) in [6.45, 7) is 1.99. The predicted molar refractivity (Wildman–Crippen MR) is 135 cm³/mol. The molecule has 0 aromatic heterocycles. The molecule has 0 radical (unpaired) electrons. The number of hydrogen-bond donors (Lipinski definition) is 1. The van der Waals surface area contributed by atoms with Crippen LogP contribution in [0.1, 0.15) is 5.56 Å². The van der Waals surface area contributed by atoms with Gasteiger partial charge in [-0.15, -0.1) is 0 Å². The van der Waals surface area contributed by atoms with Gasteiger partial charge in [0.1, 0.15) is 18.9 Å². The predicted octanol–water partition coefficient (Wildman–Crippen LogP) is 4.54. The number of carbonyl (C=O) groups is 1. The van der Waals surface area contributed by atoms with E-state index in [0.717, 1.165) is 20.6 Å². The number of aryl methyl sites for hydroxylation is 1. The molecule has 1 amide bonds. The monoisotopic (exact) mass is 474 g/mol. The van der Waals surface area contributed by atoms with Gasteiger partial charge in [-0.2, -0.15) is 0 Å². The molecule has 6 nitrogen and oxygen atoms in total. The summed E-state index contributed by atoms with van der Waals surface area (Å²) in [5.74, 6) is 0.297. The molecule has 0 saturated carbocycles. The molecule has 7 heteroatoms. The molecule has 0 spiro atoms. The Bertz CT molecular complexity index is 1390. The summed E-state index contributed by atoms with van der Waals surface area (Å²) in [5.41, 5.74) is 1.23. The van der Waals surface area contributed by atoms with Gasteiger partial charge in [0, 0.05) is 0 Å². The first-order valence-corrected chi connectivity index (χ1v) is 12.4. The Hall–Kier alpha value is -3.84. The third kappa shape index (κ3) is 5.38. The molecule has 0 heterocycles. The highest BCUT2D eigenvalue weighted by atomic mass is 32.2. The van der Waals surface area contributed by atoms with E-state index in [1.807, 2.05) is 61.5 Å². The number of fused-ring (bicyclic) bond motifs is 1. The normalized spacial score (nSPS) is 11.2. The fourth-order valence-corrected chi connectivity index (χ4v) is 5.17. The van der Waals surface area contributed by atoms with Gasteiger partial charge in [-0.05, 0) is 53.6 Å². The number of amides is 1. The van der Waals surface area contributed by atoms with Crippen molar-refractivity contribution in [3.8, 4) is 5.75 Å². The maximum absolute atomic E-state index is 13.4. The second-order valence-corrected chi connectivity index (χ2v) is 9.68. The fourth-order valence-electron chi connectivity index (χ4n) is 3.67. The van der Waals surface area contributed by atoms with Gasteiger partial charge in [0.15, 0.2) is 0 Å². The molecule has 4 aromatic carbocycles. The Kier molecular flexibility index (Phi) is 7.13. The second kappa shape index (κ2) is 10.4. The van der Waals surface area contributed by atoms with E-state index in [4.69, 9.17) is 4.74 Å². The van der Waals surface area contributed by atoms with Crippen LogP contribution in [0.25, 0.3) is 10.8 Å². The number of hydrogen-bond acceptors (Lipinski definition) is 4. The zero-order valence-electron chi connectivity index (χ0n) is 18.8. The number of rotatable bonds is 9. The highest BCUT2D eigenvalue weighted by molar-refractivity contribution is 7.92. The van der Waals surface area contributed by atoms with Gasteiger partial charge in [0.05, 0.1) is 17.1 Å². The van der Waals surface area contributed by atoms with Crippen LogP contribution in [0.2, 0.25) is 0 Å². The summed E-state index contributed by atoms with van der Waals surface area (Å²) in [6.07, 6.45) is 0. The van der Waals surface area contributed by atoms with Crippen LogP contribution in [-0.2, 0) is 14.8 Å². The average molecular weight is 475 g/mol. The van der Waals surface area contributed by atoms with Gasteiger partial charge in [-0.1, -0.05) is 66.7 Å². The van der Waals surface area contributed by atoms with Crippen molar-refractivity contribution in [2.45, 2.75) is 11.8 Å². The molecule has 0 unspecified atom stereocenters. The minimum absolute atomic E-state index is 0.130. The largest absolute Gasteiger partial charge is 0.492 e. The van der Waals surface area contributed by atoms with Crippen LogP contribution in [0, 0.1) is 6.92 Å². The number of nitrogens with zero attached hydrogens (tertiary/aromatic N) is 1. The molecule has 0 aliphatic heterocycles. The molecule has 0 atom stereocenters. The van der Waals surface area contributed by atoms with Gasteiger partial charge in [-0.3, -0.25) is 9.10 Å². The highest BCUT2D eigenvalue weighted by Crippen LogP contribution is 2.26. The molecular formula is C27H26N2O4S. The van der Waals surface area contributed by atoms with Crippen LogP contribution in [0.15, 0.2) is 102 Å². The van der Waals surface area contributed by atoms with Crippen LogP contribution in [0.4, 0.5) is 5.69 Å². The molecule has 4 aromatic rings. The highest BCUT2D eigenvalue weighted by Gasteiger charge is 2.27. The fraction of sp³-hybridized carbons (Fsp3) is 0.148. The first-order chi connectivity index (χ1) is 16.4. The number of sulfonamides is 1. The van der Waals surface area contributed by atoms with Crippen LogP contribution in [0.3, 0.4) is 0 Å². The Morgan fingerprint density at radius 2 is 1.53 bits per heavy atom. The van der Waals surface area contributed by atoms with Crippen molar-refractivity contribution in [3.63, 3.8) is 0 Å². The molecule has 0 bridgehead atoms. The summed E-state index contributed by atoms with van der Waals surface area (Å²) in [6, 6.07) is 29.0. The van der Waals surface area contributed by atoms with Crippen molar-refractivity contribution in [1.82, 2.24) is 5.32 Å². The van der Waals surface area contributed by atoms with Gasteiger partial charge in [-0.25, -0.2) is 8.42 Å². The third-order valence-electron chi connectivity index (χ3n) is 5.42. The summed E-state index contributed by atoms with van der Waals surface area (Å²) >= 11 is 0. The minimum atomic E-state index is -3.92. The Morgan fingerprint density at radius 3 is 2.29 bits per heavy atom. The molecular weight excluding hydrogens is 448 g/mol. The van der Waals surface area contributed by atoms with Gasteiger partial charge < -0.3 is 10.1 Å².